The van der Waals surface area contributed by atoms with Crippen LogP contribution in [0.3, 0.4) is 0 Å². The first-order valence-electron chi connectivity index (χ1n) is 9.56. The van der Waals surface area contributed by atoms with E-state index in [1.54, 1.807) is 0 Å². The maximum atomic E-state index is 2.31. The van der Waals surface area contributed by atoms with Crippen LogP contribution in [0.4, 0.5) is 0 Å². The molecule has 0 N–H and O–H groups in total. The van der Waals surface area contributed by atoms with E-state index in [0.29, 0.717) is 0 Å². The SMILES string of the molecule is Cc1ccccc1C1(c2ccccc2C)c2ccccc2-c2ccccc21. The molecule has 0 heteroatoms. The van der Waals surface area contributed by atoms with Gasteiger partial charge in [0.05, 0.1) is 5.41 Å². The lowest BCUT2D eigenvalue weighted by Crippen LogP contribution is -2.30. The predicted octanol–water partition coefficient (Wildman–Crippen LogP) is 6.67. The molecule has 4 aromatic carbocycles. The molecule has 0 fully saturated rings. The van der Waals surface area contributed by atoms with Crippen LogP contribution in [-0.2, 0) is 5.41 Å². The van der Waals surface area contributed by atoms with Gasteiger partial charge in [-0.1, -0.05) is 97.1 Å². The van der Waals surface area contributed by atoms with Crippen molar-refractivity contribution in [3.8, 4) is 11.1 Å². The Morgan fingerprint density at radius 1 is 0.407 bits per heavy atom. The summed E-state index contributed by atoms with van der Waals surface area (Å²) in [5.41, 5.74) is 10.6. The predicted molar refractivity (Wildman–Crippen MR) is 113 cm³/mol. The third-order valence-corrected chi connectivity index (χ3v) is 6.05. The minimum Gasteiger partial charge on any atom is -0.0620 e. The van der Waals surface area contributed by atoms with E-state index in [2.05, 4.69) is 111 Å². The summed E-state index contributed by atoms with van der Waals surface area (Å²) in [6, 6.07) is 35.5. The fraction of sp³-hybridized carbons (Fsp3) is 0.111. The summed E-state index contributed by atoms with van der Waals surface area (Å²) >= 11 is 0. The fourth-order valence-electron chi connectivity index (χ4n) is 4.95. The molecule has 0 nitrogen and oxygen atoms in total. The molecule has 1 aliphatic carbocycles. The van der Waals surface area contributed by atoms with Gasteiger partial charge >= 0.3 is 0 Å². The van der Waals surface area contributed by atoms with Crippen molar-refractivity contribution < 1.29 is 0 Å². The van der Waals surface area contributed by atoms with Gasteiger partial charge in [-0.05, 0) is 58.4 Å². The molecule has 0 saturated heterocycles. The maximum Gasteiger partial charge on any atom is 0.0718 e. The van der Waals surface area contributed by atoms with Gasteiger partial charge in [-0.25, -0.2) is 0 Å². The molecule has 130 valence electrons. The Labute approximate surface area is 161 Å². The molecular weight excluding hydrogens is 324 g/mol. The first-order chi connectivity index (χ1) is 13.2. The van der Waals surface area contributed by atoms with Gasteiger partial charge in [0.25, 0.3) is 0 Å². The van der Waals surface area contributed by atoms with Gasteiger partial charge in [-0.2, -0.15) is 0 Å². The maximum absolute atomic E-state index is 2.31. The summed E-state index contributed by atoms with van der Waals surface area (Å²) in [5.74, 6) is 0. The van der Waals surface area contributed by atoms with Crippen LogP contribution in [0.2, 0.25) is 0 Å². The van der Waals surface area contributed by atoms with E-state index in [0.717, 1.165) is 0 Å². The van der Waals surface area contributed by atoms with E-state index < -0.39 is 0 Å². The Morgan fingerprint density at radius 2 is 0.741 bits per heavy atom. The molecule has 1 aliphatic rings. The third-order valence-electron chi connectivity index (χ3n) is 6.05. The minimum atomic E-state index is -0.274. The lowest BCUT2D eigenvalue weighted by molar-refractivity contribution is 0.754. The summed E-state index contributed by atoms with van der Waals surface area (Å²) in [4.78, 5) is 0. The molecule has 0 aliphatic heterocycles. The highest BCUT2D eigenvalue weighted by atomic mass is 14.5. The molecule has 0 unspecified atom stereocenters. The summed E-state index contributed by atoms with van der Waals surface area (Å²) in [5, 5.41) is 0. The Hall–Kier alpha value is -3.12. The highest BCUT2D eigenvalue weighted by molar-refractivity contribution is 5.86. The van der Waals surface area contributed by atoms with Crippen LogP contribution >= 0.6 is 0 Å². The lowest BCUT2D eigenvalue weighted by atomic mass is 9.65. The van der Waals surface area contributed by atoms with Crippen molar-refractivity contribution in [1.29, 1.82) is 0 Å². The second-order valence-corrected chi connectivity index (χ2v) is 7.47. The van der Waals surface area contributed by atoms with Crippen LogP contribution in [0.15, 0.2) is 97.1 Å². The molecule has 27 heavy (non-hydrogen) atoms. The van der Waals surface area contributed by atoms with Crippen molar-refractivity contribution in [1.82, 2.24) is 0 Å². The Balaban J connectivity index is 2.03. The van der Waals surface area contributed by atoms with Gasteiger partial charge in [0.1, 0.15) is 0 Å². The number of hydrogen-bond acceptors (Lipinski definition) is 0. The quantitative estimate of drug-likeness (QED) is 0.335. The zero-order valence-electron chi connectivity index (χ0n) is 15.7. The first kappa shape index (κ1) is 16.1. The number of fused-ring (bicyclic) bond motifs is 3. The molecule has 0 spiro atoms. The number of benzene rings is 4. The van der Waals surface area contributed by atoms with Gasteiger partial charge < -0.3 is 0 Å². The van der Waals surface area contributed by atoms with Crippen molar-refractivity contribution in [2.45, 2.75) is 19.3 Å². The second kappa shape index (κ2) is 5.96. The molecule has 5 rings (SSSR count). The summed E-state index contributed by atoms with van der Waals surface area (Å²) in [7, 11) is 0. The Bertz CT molecular complexity index is 1060. The zero-order chi connectivity index (χ0) is 18.4. The van der Waals surface area contributed by atoms with E-state index in [9.17, 15) is 0 Å². The monoisotopic (exact) mass is 346 g/mol. The van der Waals surface area contributed by atoms with Crippen LogP contribution < -0.4 is 0 Å². The molecular formula is C27H22. The zero-order valence-corrected chi connectivity index (χ0v) is 15.7. The highest BCUT2D eigenvalue weighted by Gasteiger charge is 2.46. The second-order valence-electron chi connectivity index (χ2n) is 7.47. The lowest BCUT2D eigenvalue weighted by Gasteiger charge is -2.36. The number of hydrogen-bond donors (Lipinski definition) is 0. The summed E-state index contributed by atoms with van der Waals surface area (Å²) in [6.45, 7) is 4.47. The number of rotatable bonds is 2. The van der Waals surface area contributed by atoms with Crippen molar-refractivity contribution in [3.05, 3.63) is 130 Å². The van der Waals surface area contributed by atoms with Crippen molar-refractivity contribution in [2.24, 2.45) is 0 Å². The molecule has 4 aromatic rings. The van der Waals surface area contributed by atoms with Crippen molar-refractivity contribution in [3.63, 3.8) is 0 Å². The van der Waals surface area contributed by atoms with Crippen LogP contribution in [-0.4, -0.2) is 0 Å². The smallest absolute Gasteiger partial charge is 0.0620 e. The highest BCUT2D eigenvalue weighted by Crippen LogP contribution is 2.56. The molecule has 0 heterocycles. The Kier molecular flexibility index (Phi) is 3.55. The number of aryl methyl sites for hydroxylation is 2. The van der Waals surface area contributed by atoms with Gasteiger partial charge in [-0.3, -0.25) is 0 Å². The standard InChI is InChI=1S/C27H22/c1-19-11-3-7-15-23(19)27(24-16-8-4-12-20(24)2)25-17-9-5-13-21(25)22-14-6-10-18-26(22)27/h3-18H,1-2H3. The van der Waals surface area contributed by atoms with Crippen LogP contribution in [0.5, 0.6) is 0 Å². The van der Waals surface area contributed by atoms with E-state index >= 15 is 0 Å². The van der Waals surface area contributed by atoms with Gasteiger partial charge in [0.2, 0.25) is 0 Å². The normalized spacial score (nSPS) is 13.9. The minimum absolute atomic E-state index is 0.274. The molecule has 0 bridgehead atoms. The molecule has 0 amide bonds. The molecule has 0 aromatic heterocycles. The van der Waals surface area contributed by atoms with Crippen LogP contribution in [0, 0.1) is 13.8 Å². The van der Waals surface area contributed by atoms with E-state index in [4.69, 9.17) is 0 Å². The summed E-state index contributed by atoms with van der Waals surface area (Å²) in [6.07, 6.45) is 0. The average Bonchev–Trinajstić information content (AvgIpc) is 3.00. The summed E-state index contributed by atoms with van der Waals surface area (Å²) < 4.78 is 0. The molecule has 0 atom stereocenters. The third kappa shape index (κ3) is 2.10. The van der Waals surface area contributed by atoms with Crippen LogP contribution in [0.25, 0.3) is 11.1 Å². The molecule has 0 radical (unpaired) electrons. The van der Waals surface area contributed by atoms with E-state index in [1.807, 2.05) is 0 Å². The van der Waals surface area contributed by atoms with Crippen LogP contribution in [0.1, 0.15) is 33.4 Å². The van der Waals surface area contributed by atoms with E-state index in [1.165, 1.54) is 44.5 Å². The molecule has 0 saturated carbocycles. The average molecular weight is 346 g/mol. The topological polar surface area (TPSA) is 0 Å². The van der Waals surface area contributed by atoms with Crippen molar-refractivity contribution in [2.75, 3.05) is 0 Å². The first-order valence-corrected chi connectivity index (χ1v) is 9.56. The Morgan fingerprint density at radius 3 is 1.15 bits per heavy atom. The van der Waals surface area contributed by atoms with Gasteiger partial charge in [0.15, 0.2) is 0 Å². The van der Waals surface area contributed by atoms with Gasteiger partial charge in [-0.15, -0.1) is 0 Å². The largest absolute Gasteiger partial charge is 0.0718 e. The van der Waals surface area contributed by atoms with E-state index in [-0.39, 0.29) is 5.41 Å². The fourth-order valence-corrected chi connectivity index (χ4v) is 4.95. The van der Waals surface area contributed by atoms with Gasteiger partial charge in [0, 0.05) is 0 Å². The van der Waals surface area contributed by atoms with Crippen molar-refractivity contribution >= 4 is 0 Å².